The van der Waals surface area contributed by atoms with E-state index >= 15 is 0 Å². The number of aryl methyl sites for hydroxylation is 1. The van der Waals surface area contributed by atoms with Crippen molar-refractivity contribution in [2.75, 3.05) is 0 Å². The molecule has 3 aromatic rings. The molecule has 0 aliphatic carbocycles. The number of nitrogens with one attached hydrogen (secondary N) is 1. The highest BCUT2D eigenvalue weighted by molar-refractivity contribution is 5.97. The summed E-state index contributed by atoms with van der Waals surface area (Å²) in [7, 11) is 0. The second kappa shape index (κ2) is 4.70. The number of nitrogens with two attached hydrogens (primary N) is 1. The summed E-state index contributed by atoms with van der Waals surface area (Å²) in [6.45, 7) is 2.05. The number of fused-ring (bicyclic) bond motifs is 1. The molecule has 0 atom stereocenters. The fourth-order valence-electron chi connectivity index (χ4n) is 2.12. The molecule has 20 heavy (non-hydrogen) atoms. The van der Waals surface area contributed by atoms with Crippen LogP contribution in [0.4, 0.5) is 0 Å². The Labute approximate surface area is 115 Å². The van der Waals surface area contributed by atoms with Crippen LogP contribution in [0.25, 0.3) is 22.4 Å². The first kappa shape index (κ1) is 12.2. The van der Waals surface area contributed by atoms with Crippen molar-refractivity contribution in [3.05, 3.63) is 53.6 Å². The highest BCUT2D eigenvalue weighted by Gasteiger charge is 2.06. The van der Waals surface area contributed by atoms with Gasteiger partial charge >= 0.3 is 0 Å². The van der Waals surface area contributed by atoms with E-state index in [-0.39, 0.29) is 5.84 Å². The average Bonchev–Trinajstić information content (AvgIpc) is 2.89. The molecule has 0 aliphatic heterocycles. The number of imidazole rings is 1. The van der Waals surface area contributed by atoms with Crippen molar-refractivity contribution >= 4 is 16.9 Å². The van der Waals surface area contributed by atoms with Gasteiger partial charge < -0.3 is 15.9 Å². The Balaban J connectivity index is 2.02. The van der Waals surface area contributed by atoms with Crippen LogP contribution in [-0.2, 0) is 0 Å². The van der Waals surface area contributed by atoms with Gasteiger partial charge in [0.2, 0.25) is 0 Å². The van der Waals surface area contributed by atoms with E-state index in [9.17, 15) is 0 Å². The molecule has 0 saturated carbocycles. The minimum absolute atomic E-state index is 0.0942. The van der Waals surface area contributed by atoms with E-state index in [0.29, 0.717) is 5.56 Å². The van der Waals surface area contributed by atoms with Gasteiger partial charge in [0.1, 0.15) is 5.82 Å². The van der Waals surface area contributed by atoms with E-state index < -0.39 is 0 Å². The number of nitrogens with zero attached hydrogens (tertiary/aromatic N) is 2. The third-order valence-corrected chi connectivity index (χ3v) is 3.20. The molecule has 0 amide bonds. The fraction of sp³-hybridized carbons (Fsp3) is 0.0667. The summed E-state index contributed by atoms with van der Waals surface area (Å²) < 4.78 is 0. The fourth-order valence-corrected chi connectivity index (χ4v) is 2.12. The van der Waals surface area contributed by atoms with Crippen LogP contribution in [-0.4, -0.2) is 21.0 Å². The molecule has 0 aliphatic rings. The summed E-state index contributed by atoms with van der Waals surface area (Å²) in [6, 6.07) is 13.5. The zero-order chi connectivity index (χ0) is 14.1. The maximum atomic E-state index is 8.64. The Kier molecular flexibility index (Phi) is 2.87. The van der Waals surface area contributed by atoms with Crippen molar-refractivity contribution in [2.45, 2.75) is 6.92 Å². The number of oxime groups is 1. The average molecular weight is 266 g/mol. The predicted octanol–water partition coefficient (Wildman–Crippen LogP) is 2.63. The first-order chi connectivity index (χ1) is 9.67. The number of benzene rings is 2. The van der Waals surface area contributed by atoms with Crippen LogP contribution in [0, 0.1) is 6.92 Å². The maximum absolute atomic E-state index is 8.64. The van der Waals surface area contributed by atoms with E-state index in [1.807, 2.05) is 31.2 Å². The molecule has 2 aromatic carbocycles. The van der Waals surface area contributed by atoms with Gasteiger partial charge in [0.25, 0.3) is 0 Å². The third kappa shape index (κ3) is 2.09. The summed E-state index contributed by atoms with van der Waals surface area (Å²) in [5, 5.41) is 11.6. The lowest BCUT2D eigenvalue weighted by molar-refractivity contribution is 0.318. The maximum Gasteiger partial charge on any atom is 0.170 e. The van der Waals surface area contributed by atoms with Crippen molar-refractivity contribution in [1.29, 1.82) is 0 Å². The van der Waals surface area contributed by atoms with E-state index in [0.717, 1.165) is 22.4 Å². The highest BCUT2D eigenvalue weighted by atomic mass is 16.4. The van der Waals surface area contributed by atoms with E-state index in [2.05, 4.69) is 21.2 Å². The van der Waals surface area contributed by atoms with E-state index in [1.165, 1.54) is 5.56 Å². The van der Waals surface area contributed by atoms with Gasteiger partial charge in [-0.15, -0.1) is 0 Å². The molecule has 0 radical (unpaired) electrons. The number of aromatic nitrogens is 2. The molecule has 0 bridgehead atoms. The molecule has 5 heteroatoms. The minimum atomic E-state index is 0.0942. The molecule has 0 spiro atoms. The van der Waals surface area contributed by atoms with Crippen molar-refractivity contribution in [3.8, 4) is 11.4 Å². The lowest BCUT2D eigenvalue weighted by atomic mass is 10.1. The van der Waals surface area contributed by atoms with Gasteiger partial charge in [0, 0.05) is 11.1 Å². The molecule has 100 valence electrons. The van der Waals surface area contributed by atoms with Gasteiger partial charge in [-0.3, -0.25) is 0 Å². The first-order valence-electron chi connectivity index (χ1n) is 6.22. The summed E-state index contributed by atoms with van der Waals surface area (Å²) in [5.41, 5.74) is 10.3. The standard InChI is InChI=1S/C15H14N4O/c1-9-2-7-12-13(8-9)18-15(17-12)11-5-3-10(4-6-11)14(16)19-20/h2-8,20H,1H3,(H2,16,19)(H,17,18). The number of hydrogen-bond donors (Lipinski definition) is 3. The van der Waals surface area contributed by atoms with Gasteiger partial charge in [-0.1, -0.05) is 35.5 Å². The quantitative estimate of drug-likeness (QED) is 0.288. The van der Waals surface area contributed by atoms with Crippen molar-refractivity contribution in [1.82, 2.24) is 9.97 Å². The van der Waals surface area contributed by atoms with Crippen LogP contribution in [0.1, 0.15) is 11.1 Å². The summed E-state index contributed by atoms with van der Waals surface area (Å²) in [4.78, 5) is 7.85. The van der Waals surface area contributed by atoms with Gasteiger partial charge in [0.15, 0.2) is 5.84 Å². The number of H-pyrrole nitrogens is 1. The topological polar surface area (TPSA) is 87.3 Å². The Hall–Kier alpha value is -2.82. The van der Waals surface area contributed by atoms with Gasteiger partial charge in [-0.2, -0.15) is 0 Å². The van der Waals surface area contributed by atoms with E-state index in [1.54, 1.807) is 12.1 Å². The molecule has 0 fully saturated rings. The Morgan fingerprint density at radius 2 is 1.95 bits per heavy atom. The van der Waals surface area contributed by atoms with Crippen LogP contribution in [0.2, 0.25) is 0 Å². The third-order valence-electron chi connectivity index (χ3n) is 3.20. The Morgan fingerprint density at radius 3 is 2.65 bits per heavy atom. The molecule has 3 rings (SSSR count). The van der Waals surface area contributed by atoms with Crippen LogP contribution in [0.15, 0.2) is 47.6 Å². The smallest absolute Gasteiger partial charge is 0.170 e. The lowest BCUT2D eigenvalue weighted by Crippen LogP contribution is -2.12. The number of amidine groups is 1. The first-order valence-corrected chi connectivity index (χ1v) is 6.22. The lowest BCUT2D eigenvalue weighted by Gasteiger charge is -2.00. The molecule has 0 unspecified atom stereocenters. The Morgan fingerprint density at radius 1 is 1.20 bits per heavy atom. The van der Waals surface area contributed by atoms with Gasteiger partial charge in [-0.25, -0.2) is 4.98 Å². The second-order valence-electron chi connectivity index (χ2n) is 4.67. The molecule has 1 aromatic heterocycles. The molecule has 4 N–H and O–H groups in total. The zero-order valence-electron chi connectivity index (χ0n) is 11.0. The van der Waals surface area contributed by atoms with Gasteiger partial charge in [-0.05, 0) is 24.6 Å². The number of aromatic amines is 1. The molecule has 1 heterocycles. The second-order valence-corrected chi connectivity index (χ2v) is 4.67. The number of rotatable bonds is 2. The van der Waals surface area contributed by atoms with Crippen LogP contribution < -0.4 is 5.73 Å². The van der Waals surface area contributed by atoms with Crippen LogP contribution in [0.5, 0.6) is 0 Å². The van der Waals surface area contributed by atoms with Gasteiger partial charge in [0.05, 0.1) is 11.0 Å². The normalized spacial score (nSPS) is 11.9. The minimum Gasteiger partial charge on any atom is -0.409 e. The molecular formula is C15H14N4O. The van der Waals surface area contributed by atoms with E-state index in [4.69, 9.17) is 10.9 Å². The number of hydrogen-bond acceptors (Lipinski definition) is 3. The summed E-state index contributed by atoms with van der Waals surface area (Å²) >= 11 is 0. The van der Waals surface area contributed by atoms with Crippen molar-refractivity contribution in [2.24, 2.45) is 10.9 Å². The summed E-state index contributed by atoms with van der Waals surface area (Å²) in [5.74, 6) is 0.897. The SMILES string of the molecule is Cc1ccc2nc(-c3ccc(/C(N)=N/O)cc3)[nH]c2c1. The molecular weight excluding hydrogens is 252 g/mol. The Bertz CT molecular complexity index is 787. The highest BCUT2D eigenvalue weighted by Crippen LogP contribution is 2.21. The largest absolute Gasteiger partial charge is 0.409 e. The molecule has 5 nitrogen and oxygen atoms in total. The zero-order valence-corrected chi connectivity index (χ0v) is 11.0. The summed E-state index contributed by atoms with van der Waals surface area (Å²) in [6.07, 6.45) is 0. The van der Waals surface area contributed by atoms with Crippen molar-refractivity contribution < 1.29 is 5.21 Å². The van der Waals surface area contributed by atoms with Crippen molar-refractivity contribution in [3.63, 3.8) is 0 Å². The predicted molar refractivity (Wildman–Crippen MR) is 78.8 cm³/mol. The van der Waals surface area contributed by atoms with Crippen LogP contribution >= 0.6 is 0 Å². The monoisotopic (exact) mass is 266 g/mol. The molecule has 0 saturated heterocycles. The van der Waals surface area contributed by atoms with Crippen LogP contribution in [0.3, 0.4) is 0 Å².